The standard InChI is InChI=1S/C13H16FN3/c1-17(12-3-2-6-16-9-12)13-5-4-11(14)7-10(13)8-15/h4-5,7,12,16H,2-3,6,9H2,1H3. The van der Waals surface area contributed by atoms with Crippen LogP contribution in [-0.2, 0) is 0 Å². The van der Waals surface area contributed by atoms with Crippen molar-refractivity contribution in [3.05, 3.63) is 29.6 Å². The van der Waals surface area contributed by atoms with Crippen LogP contribution < -0.4 is 10.2 Å². The van der Waals surface area contributed by atoms with Gasteiger partial charge in [0.15, 0.2) is 0 Å². The maximum Gasteiger partial charge on any atom is 0.124 e. The quantitative estimate of drug-likeness (QED) is 0.847. The zero-order valence-corrected chi connectivity index (χ0v) is 9.91. The van der Waals surface area contributed by atoms with Crippen molar-refractivity contribution in [2.75, 3.05) is 25.0 Å². The SMILES string of the molecule is CN(c1ccc(F)cc1C#N)C1CCCNC1. The summed E-state index contributed by atoms with van der Waals surface area (Å²) in [4.78, 5) is 2.07. The monoisotopic (exact) mass is 233 g/mol. The molecule has 1 fully saturated rings. The molecule has 1 aromatic carbocycles. The molecule has 90 valence electrons. The predicted octanol–water partition coefficient (Wildman–Crippen LogP) is 1.89. The van der Waals surface area contributed by atoms with Gasteiger partial charge in [-0.25, -0.2) is 4.39 Å². The van der Waals surface area contributed by atoms with E-state index in [0.29, 0.717) is 11.6 Å². The molecule has 0 radical (unpaired) electrons. The van der Waals surface area contributed by atoms with E-state index in [1.165, 1.54) is 12.1 Å². The Morgan fingerprint density at radius 2 is 2.35 bits per heavy atom. The number of rotatable bonds is 2. The first-order chi connectivity index (χ1) is 8.22. The highest BCUT2D eigenvalue weighted by molar-refractivity contribution is 5.59. The van der Waals surface area contributed by atoms with E-state index in [2.05, 4.69) is 16.3 Å². The fourth-order valence-electron chi connectivity index (χ4n) is 2.27. The normalized spacial score (nSPS) is 19.7. The summed E-state index contributed by atoms with van der Waals surface area (Å²) in [6.07, 6.45) is 2.24. The molecular formula is C13H16FN3. The van der Waals surface area contributed by atoms with Crippen molar-refractivity contribution in [1.29, 1.82) is 5.26 Å². The Balaban J connectivity index is 2.23. The number of piperidine rings is 1. The van der Waals surface area contributed by atoms with Crippen LogP contribution in [0.4, 0.5) is 10.1 Å². The molecule has 0 aliphatic carbocycles. The van der Waals surface area contributed by atoms with Crippen molar-refractivity contribution in [1.82, 2.24) is 5.32 Å². The van der Waals surface area contributed by atoms with E-state index in [9.17, 15) is 4.39 Å². The van der Waals surface area contributed by atoms with E-state index in [4.69, 9.17) is 5.26 Å². The van der Waals surface area contributed by atoms with E-state index in [1.807, 2.05) is 7.05 Å². The van der Waals surface area contributed by atoms with Crippen LogP contribution in [-0.4, -0.2) is 26.2 Å². The topological polar surface area (TPSA) is 39.1 Å². The molecule has 17 heavy (non-hydrogen) atoms. The lowest BCUT2D eigenvalue weighted by atomic mass is 10.0. The Morgan fingerprint density at radius 3 is 3.00 bits per heavy atom. The molecule has 1 saturated heterocycles. The molecule has 1 heterocycles. The first-order valence-electron chi connectivity index (χ1n) is 5.85. The maximum absolute atomic E-state index is 13.1. The summed E-state index contributed by atoms with van der Waals surface area (Å²) >= 11 is 0. The number of nitrogens with zero attached hydrogens (tertiary/aromatic N) is 2. The minimum absolute atomic E-state index is 0.361. The van der Waals surface area contributed by atoms with Crippen molar-refractivity contribution < 1.29 is 4.39 Å². The van der Waals surface area contributed by atoms with Gasteiger partial charge in [-0.3, -0.25) is 0 Å². The zero-order valence-electron chi connectivity index (χ0n) is 9.91. The summed E-state index contributed by atoms with van der Waals surface area (Å²) in [5.74, 6) is -0.361. The van der Waals surface area contributed by atoms with Crippen LogP contribution in [0.2, 0.25) is 0 Å². The molecule has 1 aliphatic rings. The largest absolute Gasteiger partial charge is 0.369 e. The van der Waals surface area contributed by atoms with E-state index in [1.54, 1.807) is 6.07 Å². The first kappa shape index (κ1) is 11.9. The molecule has 0 spiro atoms. The van der Waals surface area contributed by atoms with E-state index < -0.39 is 0 Å². The second-order valence-corrected chi connectivity index (χ2v) is 4.38. The molecule has 1 atom stereocenters. The predicted molar refractivity (Wildman–Crippen MR) is 65.4 cm³/mol. The number of anilines is 1. The van der Waals surface area contributed by atoms with Crippen LogP contribution in [0.1, 0.15) is 18.4 Å². The van der Waals surface area contributed by atoms with Crippen LogP contribution in [0.25, 0.3) is 0 Å². The van der Waals surface area contributed by atoms with Crippen LogP contribution in [0.5, 0.6) is 0 Å². The smallest absolute Gasteiger partial charge is 0.124 e. The van der Waals surface area contributed by atoms with Gasteiger partial charge in [0, 0.05) is 19.6 Å². The second kappa shape index (κ2) is 5.15. The van der Waals surface area contributed by atoms with Crippen molar-refractivity contribution >= 4 is 5.69 Å². The number of hydrogen-bond acceptors (Lipinski definition) is 3. The molecule has 0 aromatic heterocycles. The van der Waals surface area contributed by atoms with E-state index in [0.717, 1.165) is 31.6 Å². The third kappa shape index (κ3) is 2.56. The van der Waals surface area contributed by atoms with Crippen molar-refractivity contribution in [2.24, 2.45) is 0 Å². The lowest BCUT2D eigenvalue weighted by Crippen LogP contribution is -2.44. The summed E-state index contributed by atoms with van der Waals surface area (Å²) in [7, 11) is 1.96. The number of likely N-dealkylation sites (N-methyl/N-ethyl adjacent to an activating group) is 1. The maximum atomic E-state index is 13.1. The molecule has 1 unspecified atom stereocenters. The van der Waals surface area contributed by atoms with Gasteiger partial charge >= 0.3 is 0 Å². The lowest BCUT2D eigenvalue weighted by Gasteiger charge is -2.33. The number of hydrogen-bond donors (Lipinski definition) is 1. The van der Waals surface area contributed by atoms with Gasteiger partial charge in [-0.1, -0.05) is 0 Å². The lowest BCUT2D eigenvalue weighted by molar-refractivity contribution is 0.445. The molecule has 3 nitrogen and oxygen atoms in total. The summed E-state index contributed by atoms with van der Waals surface area (Å²) in [6, 6.07) is 6.81. The number of halogens is 1. The van der Waals surface area contributed by atoms with Crippen LogP contribution >= 0.6 is 0 Å². The first-order valence-corrected chi connectivity index (χ1v) is 5.85. The summed E-state index contributed by atoms with van der Waals surface area (Å²) in [5.41, 5.74) is 1.21. The van der Waals surface area contributed by atoms with Gasteiger partial charge in [0.2, 0.25) is 0 Å². The van der Waals surface area contributed by atoms with Crippen LogP contribution in [0.3, 0.4) is 0 Å². The van der Waals surface area contributed by atoms with E-state index in [-0.39, 0.29) is 5.82 Å². The molecule has 2 rings (SSSR count). The summed E-state index contributed by atoms with van der Waals surface area (Å²) in [5, 5.41) is 12.4. The van der Waals surface area contributed by atoms with Gasteiger partial charge in [0.1, 0.15) is 11.9 Å². The van der Waals surface area contributed by atoms with Crippen LogP contribution in [0, 0.1) is 17.1 Å². The molecule has 1 aromatic rings. The molecule has 1 N–H and O–H groups in total. The van der Waals surface area contributed by atoms with Crippen molar-refractivity contribution in [3.63, 3.8) is 0 Å². The van der Waals surface area contributed by atoms with E-state index >= 15 is 0 Å². The van der Waals surface area contributed by atoms with Gasteiger partial charge in [-0.05, 0) is 37.6 Å². The van der Waals surface area contributed by atoms with Gasteiger partial charge in [-0.2, -0.15) is 5.26 Å². The number of nitrogens with one attached hydrogen (secondary N) is 1. The third-order valence-corrected chi connectivity index (χ3v) is 3.28. The van der Waals surface area contributed by atoms with Gasteiger partial charge in [-0.15, -0.1) is 0 Å². The summed E-state index contributed by atoms with van der Waals surface area (Å²) < 4.78 is 13.1. The minimum Gasteiger partial charge on any atom is -0.369 e. The molecule has 0 amide bonds. The number of nitriles is 1. The zero-order chi connectivity index (χ0) is 12.3. The average Bonchev–Trinajstić information content (AvgIpc) is 2.39. The molecule has 4 heteroatoms. The molecule has 1 aliphatic heterocycles. The fraction of sp³-hybridized carbons (Fsp3) is 0.462. The van der Waals surface area contributed by atoms with Crippen molar-refractivity contribution in [3.8, 4) is 6.07 Å². The fourth-order valence-corrected chi connectivity index (χ4v) is 2.27. The Hall–Kier alpha value is -1.60. The number of benzene rings is 1. The van der Waals surface area contributed by atoms with Crippen molar-refractivity contribution in [2.45, 2.75) is 18.9 Å². The third-order valence-electron chi connectivity index (χ3n) is 3.28. The highest BCUT2D eigenvalue weighted by Crippen LogP contribution is 2.23. The van der Waals surface area contributed by atoms with Gasteiger partial charge in [0.05, 0.1) is 11.3 Å². The second-order valence-electron chi connectivity index (χ2n) is 4.38. The van der Waals surface area contributed by atoms with Crippen LogP contribution in [0.15, 0.2) is 18.2 Å². The molecule has 0 bridgehead atoms. The minimum atomic E-state index is -0.361. The average molecular weight is 233 g/mol. The van der Waals surface area contributed by atoms with Gasteiger partial charge < -0.3 is 10.2 Å². The Labute approximate surface area is 101 Å². The Morgan fingerprint density at radius 1 is 1.53 bits per heavy atom. The highest BCUT2D eigenvalue weighted by atomic mass is 19.1. The Bertz CT molecular complexity index is 433. The Kier molecular flexibility index (Phi) is 3.60. The summed E-state index contributed by atoms with van der Waals surface area (Å²) in [6.45, 7) is 1.97. The van der Waals surface area contributed by atoms with Gasteiger partial charge in [0.25, 0.3) is 0 Å². The molecular weight excluding hydrogens is 217 g/mol. The molecule has 0 saturated carbocycles. The highest BCUT2D eigenvalue weighted by Gasteiger charge is 2.20.